The Morgan fingerprint density at radius 2 is 1.09 bits per heavy atom. The fourth-order valence-electron chi connectivity index (χ4n) is 1.33. The van der Waals surface area contributed by atoms with E-state index in [9.17, 15) is 0 Å². The van der Waals surface area contributed by atoms with Gasteiger partial charge in [0.2, 0.25) is 0 Å². The SMILES string of the molecule is C=C.C=C.CC1(C)CCCC1. The highest BCUT2D eigenvalue weighted by Crippen LogP contribution is 2.36. The van der Waals surface area contributed by atoms with Gasteiger partial charge in [0.15, 0.2) is 0 Å². The minimum Gasteiger partial charge on any atom is -0.106 e. The predicted molar refractivity (Wildman–Crippen MR) is 54.8 cm³/mol. The van der Waals surface area contributed by atoms with Gasteiger partial charge in [-0.3, -0.25) is 0 Å². The van der Waals surface area contributed by atoms with E-state index in [1.165, 1.54) is 25.7 Å². The van der Waals surface area contributed by atoms with E-state index >= 15 is 0 Å². The summed E-state index contributed by atoms with van der Waals surface area (Å²) in [5, 5.41) is 0. The standard InChI is InChI=1S/C7H14.2C2H4/c1-7(2)5-3-4-6-7;2*1-2/h3-6H2,1-2H3;2*1-2H2. The fraction of sp³-hybridized carbons (Fsp3) is 0.636. The predicted octanol–water partition coefficient (Wildman–Crippen LogP) is 4.19. The minimum atomic E-state index is 0.694. The van der Waals surface area contributed by atoms with Gasteiger partial charge in [-0.25, -0.2) is 0 Å². The monoisotopic (exact) mass is 154 g/mol. The smallest absolute Gasteiger partial charge is 0.0354 e. The lowest BCUT2D eigenvalue weighted by Gasteiger charge is -2.13. The Balaban J connectivity index is 0. The highest BCUT2D eigenvalue weighted by Gasteiger charge is 2.21. The molecule has 0 saturated heterocycles. The van der Waals surface area contributed by atoms with Crippen molar-refractivity contribution in [3.8, 4) is 0 Å². The first-order chi connectivity index (χ1) is 5.21. The average Bonchev–Trinajstić information content (AvgIpc) is 2.43. The molecular formula is C11H22. The zero-order valence-electron chi connectivity index (χ0n) is 8.16. The lowest BCUT2D eigenvalue weighted by atomic mass is 9.92. The van der Waals surface area contributed by atoms with Crippen LogP contribution in [0.25, 0.3) is 0 Å². The molecule has 0 aromatic carbocycles. The molecule has 1 saturated carbocycles. The first-order valence-corrected chi connectivity index (χ1v) is 4.21. The van der Waals surface area contributed by atoms with Gasteiger partial charge in [-0.15, -0.1) is 26.3 Å². The molecular weight excluding hydrogens is 132 g/mol. The molecule has 1 fully saturated rings. The van der Waals surface area contributed by atoms with Gasteiger partial charge < -0.3 is 0 Å². The molecule has 0 aromatic heterocycles. The molecule has 1 rings (SSSR count). The van der Waals surface area contributed by atoms with Crippen LogP contribution in [0.5, 0.6) is 0 Å². The first kappa shape index (κ1) is 13.1. The maximum atomic E-state index is 3.00. The second kappa shape index (κ2) is 7.59. The van der Waals surface area contributed by atoms with Crippen LogP contribution in [-0.4, -0.2) is 0 Å². The Morgan fingerprint density at radius 3 is 1.18 bits per heavy atom. The van der Waals surface area contributed by atoms with Crippen LogP contribution >= 0.6 is 0 Å². The topological polar surface area (TPSA) is 0 Å². The van der Waals surface area contributed by atoms with Crippen LogP contribution in [-0.2, 0) is 0 Å². The van der Waals surface area contributed by atoms with E-state index < -0.39 is 0 Å². The van der Waals surface area contributed by atoms with Gasteiger partial charge in [0.05, 0.1) is 0 Å². The molecule has 0 N–H and O–H groups in total. The Bertz CT molecular complexity index is 72.0. The largest absolute Gasteiger partial charge is 0.106 e. The maximum Gasteiger partial charge on any atom is -0.0354 e. The molecule has 0 unspecified atom stereocenters. The molecule has 0 nitrogen and oxygen atoms in total. The molecule has 66 valence electrons. The van der Waals surface area contributed by atoms with Gasteiger partial charge in [-0.05, 0) is 18.3 Å². The second-order valence-corrected chi connectivity index (χ2v) is 3.37. The van der Waals surface area contributed by atoms with Gasteiger partial charge in [0.1, 0.15) is 0 Å². The minimum absolute atomic E-state index is 0.694. The van der Waals surface area contributed by atoms with Crippen molar-refractivity contribution in [1.82, 2.24) is 0 Å². The van der Waals surface area contributed by atoms with E-state index in [0.717, 1.165) is 0 Å². The van der Waals surface area contributed by atoms with Gasteiger partial charge in [-0.1, -0.05) is 26.7 Å². The number of rotatable bonds is 0. The van der Waals surface area contributed by atoms with Crippen LogP contribution in [0, 0.1) is 5.41 Å². The summed E-state index contributed by atoms with van der Waals surface area (Å²) in [7, 11) is 0. The zero-order valence-corrected chi connectivity index (χ0v) is 8.16. The van der Waals surface area contributed by atoms with Gasteiger partial charge in [0.25, 0.3) is 0 Å². The Morgan fingerprint density at radius 1 is 0.818 bits per heavy atom. The molecule has 11 heavy (non-hydrogen) atoms. The van der Waals surface area contributed by atoms with Crippen LogP contribution in [0.1, 0.15) is 39.5 Å². The van der Waals surface area contributed by atoms with Crippen molar-refractivity contribution >= 4 is 0 Å². The van der Waals surface area contributed by atoms with Crippen LogP contribution in [0.2, 0.25) is 0 Å². The molecule has 0 heterocycles. The third kappa shape index (κ3) is 7.38. The molecule has 0 amide bonds. The van der Waals surface area contributed by atoms with Crippen molar-refractivity contribution < 1.29 is 0 Å². The van der Waals surface area contributed by atoms with Crippen molar-refractivity contribution in [2.24, 2.45) is 5.41 Å². The number of hydrogen-bond acceptors (Lipinski definition) is 0. The van der Waals surface area contributed by atoms with Crippen LogP contribution < -0.4 is 0 Å². The normalized spacial score (nSPS) is 18.7. The van der Waals surface area contributed by atoms with Gasteiger partial charge in [0, 0.05) is 0 Å². The van der Waals surface area contributed by atoms with E-state index in [2.05, 4.69) is 40.2 Å². The Labute approximate surface area is 72.0 Å². The molecule has 0 bridgehead atoms. The van der Waals surface area contributed by atoms with Gasteiger partial charge >= 0.3 is 0 Å². The van der Waals surface area contributed by atoms with Crippen molar-refractivity contribution in [2.45, 2.75) is 39.5 Å². The van der Waals surface area contributed by atoms with Crippen LogP contribution in [0.4, 0.5) is 0 Å². The van der Waals surface area contributed by atoms with E-state index in [0.29, 0.717) is 5.41 Å². The third-order valence-electron chi connectivity index (χ3n) is 1.96. The summed E-state index contributed by atoms with van der Waals surface area (Å²) in [4.78, 5) is 0. The highest BCUT2D eigenvalue weighted by molar-refractivity contribution is 4.74. The summed E-state index contributed by atoms with van der Waals surface area (Å²) >= 11 is 0. The summed E-state index contributed by atoms with van der Waals surface area (Å²) in [6, 6.07) is 0. The molecule has 0 aliphatic heterocycles. The summed E-state index contributed by atoms with van der Waals surface area (Å²) in [5.74, 6) is 0. The van der Waals surface area contributed by atoms with Crippen molar-refractivity contribution in [2.75, 3.05) is 0 Å². The molecule has 0 spiro atoms. The summed E-state index contributed by atoms with van der Waals surface area (Å²) < 4.78 is 0. The molecule has 0 heteroatoms. The van der Waals surface area contributed by atoms with Crippen molar-refractivity contribution in [3.05, 3.63) is 26.3 Å². The van der Waals surface area contributed by atoms with E-state index in [-0.39, 0.29) is 0 Å². The first-order valence-electron chi connectivity index (χ1n) is 4.21. The Hall–Kier alpha value is -0.520. The average molecular weight is 154 g/mol. The highest BCUT2D eigenvalue weighted by atomic mass is 14.3. The van der Waals surface area contributed by atoms with Crippen LogP contribution in [0.3, 0.4) is 0 Å². The number of hydrogen-bond donors (Lipinski definition) is 0. The maximum absolute atomic E-state index is 3.00. The molecule has 0 radical (unpaired) electrons. The summed E-state index contributed by atoms with van der Waals surface area (Å²) in [6.07, 6.45) is 5.83. The second-order valence-electron chi connectivity index (χ2n) is 3.37. The quantitative estimate of drug-likeness (QED) is 0.459. The lowest BCUT2D eigenvalue weighted by Crippen LogP contribution is -2.01. The summed E-state index contributed by atoms with van der Waals surface area (Å²) in [6.45, 7) is 16.7. The zero-order chi connectivity index (χ0) is 9.33. The van der Waals surface area contributed by atoms with Crippen LogP contribution in [0.15, 0.2) is 26.3 Å². The van der Waals surface area contributed by atoms with E-state index in [1.54, 1.807) is 0 Å². The molecule has 0 atom stereocenters. The van der Waals surface area contributed by atoms with Crippen molar-refractivity contribution in [1.29, 1.82) is 0 Å². The molecule has 1 aliphatic rings. The fourth-order valence-corrected chi connectivity index (χ4v) is 1.33. The molecule has 1 aliphatic carbocycles. The Kier molecular flexibility index (Phi) is 9.03. The summed E-state index contributed by atoms with van der Waals surface area (Å²) in [5.41, 5.74) is 0.694. The van der Waals surface area contributed by atoms with E-state index in [1.807, 2.05) is 0 Å². The van der Waals surface area contributed by atoms with E-state index in [4.69, 9.17) is 0 Å². The van der Waals surface area contributed by atoms with Gasteiger partial charge in [-0.2, -0.15) is 0 Å². The third-order valence-corrected chi connectivity index (χ3v) is 1.96. The molecule has 0 aromatic rings. The van der Waals surface area contributed by atoms with Crippen molar-refractivity contribution in [3.63, 3.8) is 0 Å². The lowest BCUT2D eigenvalue weighted by molar-refractivity contribution is 0.382.